The number of benzene rings is 1. The Kier molecular flexibility index (Phi) is 4.26. The molecule has 17 heavy (non-hydrogen) atoms. The summed E-state index contributed by atoms with van der Waals surface area (Å²) in [6, 6.07) is 1.91. The molecule has 0 aliphatic carbocycles. The molecule has 0 aromatic heterocycles. The molecule has 1 unspecified atom stereocenters. The molecule has 1 aromatic rings. The third kappa shape index (κ3) is 2.48. The van der Waals surface area contributed by atoms with Crippen molar-refractivity contribution < 1.29 is 14.6 Å². The fourth-order valence-corrected chi connectivity index (χ4v) is 1.89. The second-order valence-corrected chi connectivity index (χ2v) is 4.16. The highest BCUT2D eigenvalue weighted by Crippen LogP contribution is 2.30. The summed E-state index contributed by atoms with van der Waals surface area (Å²) in [6.45, 7) is 5.58. The zero-order valence-electron chi connectivity index (χ0n) is 10.7. The zero-order valence-corrected chi connectivity index (χ0v) is 10.7. The van der Waals surface area contributed by atoms with E-state index in [9.17, 15) is 9.90 Å². The van der Waals surface area contributed by atoms with E-state index in [-0.39, 0.29) is 12.3 Å². The number of nitrogens with two attached hydrogens (primary N) is 1. The fourth-order valence-electron chi connectivity index (χ4n) is 1.89. The minimum atomic E-state index is -1.18. The van der Waals surface area contributed by atoms with Crippen molar-refractivity contribution >= 4 is 5.78 Å². The van der Waals surface area contributed by atoms with Gasteiger partial charge in [-0.2, -0.15) is 0 Å². The van der Waals surface area contributed by atoms with E-state index in [1.54, 1.807) is 0 Å². The Morgan fingerprint density at radius 2 is 2.00 bits per heavy atom. The van der Waals surface area contributed by atoms with Crippen LogP contribution >= 0.6 is 0 Å². The molecule has 0 radical (unpaired) electrons. The summed E-state index contributed by atoms with van der Waals surface area (Å²) in [6.07, 6.45) is -1.18. The van der Waals surface area contributed by atoms with Gasteiger partial charge in [0.15, 0.2) is 5.78 Å². The molecule has 3 N–H and O–H groups in total. The number of methoxy groups -OCH3 is 1. The Bertz CT molecular complexity index is 441. The molecule has 0 bridgehead atoms. The number of aryl methyl sites for hydroxylation is 2. The van der Waals surface area contributed by atoms with Gasteiger partial charge in [-0.3, -0.25) is 4.79 Å². The van der Waals surface area contributed by atoms with Crippen LogP contribution < -0.4 is 10.5 Å². The predicted molar refractivity (Wildman–Crippen MR) is 66.6 cm³/mol. The highest BCUT2D eigenvalue weighted by molar-refractivity contribution is 6.03. The molecule has 1 atom stereocenters. The number of carbonyl (C=O) groups is 1. The van der Waals surface area contributed by atoms with E-state index < -0.39 is 6.10 Å². The van der Waals surface area contributed by atoms with Crippen LogP contribution in [0.1, 0.15) is 27.0 Å². The molecule has 0 spiro atoms. The third-order valence-electron chi connectivity index (χ3n) is 2.96. The van der Waals surface area contributed by atoms with Crippen molar-refractivity contribution in [3.8, 4) is 5.75 Å². The number of hydrogen-bond acceptors (Lipinski definition) is 4. The van der Waals surface area contributed by atoms with Crippen LogP contribution in [0.2, 0.25) is 0 Å². The number of aliphatic hydroxyl groups is 1. The Morgan fingerprint density at radius 1 is 1.41 bits per heavy atom. The van der Waals surface area contributed by atoms with E-state index in [0.29, 0.717) is 11.3 Å². The third-order valence-corrected chi connectivity index (χ3v) is 2.96. The molecule has 94 valence electrons. The monoisotopic (exact) mass is 237 g/mol. The quantitative estimate of drug-likeness (QED) is 0.770. The number of aliphatic hydroxyl groups excluding tert-OH is 1. The molecule has 0 heterocycles. The summed E-state index contributed by atoms with van der Waals surface area (Å²) in [7, 11) is 1.52. The standard InChI is InChI=1S/C13H19NO3/c1-7-5-8(2)11(12(16)10(15)6-14)13(17-4)9(7)3/h5,10,15H,6,14H2,1-4H3. The molecule has 0 aliphatic heterocycles. The minimum absolute atomic E-state index is 0.0889. The molecule has 0 saturated carbocycles. The maximum Gasteiger partial charge on any atom is 0.196 e. The van der Waals surface area contributed by atoms with Crippen LogP contribution in [0.3, 0.4) is 0 Å². The first-order valence-corrected chi connectivity index (χ1v) is 5.51. The smallest absolute Gasteiger partial charge is 0.196 e. The summed E-state index contributed by atoms with van der Waals surface area (Å²) >= 11 is 0. The van der Waals surface area contributed by atoms with Gasteiger partial charge in [-0.05, 0) is 37.5 Å². The topological polar surface area (TPSA) is 72.5 Å². The van der Waals surface area contributed by atoms with E-state index in [0.717, 1.165) is 16.7 Å². The average Bonchev–Trinajstić information content (AvgIpc) is 2.31. The summed E-state index contributed by atoms with van der Waals surface area (Å²) in [5, 5.41) is 9.55. The second-order valence-electron chi connectivity index (χ2n) is 4.16. The van der Waals surface area contributed by atoms with Crippen molar-refractivity contribution in [2.45, 2.75) is 26.9 Å². The van der Waals surface area contributed by atoms with Crippen LogP contribution in [0, 0.1) is 20.8 Å². The summed E-state index contributed by atoms with van der Waals surface area (Å²) in [5.74, 6) is 0.143. The lowest BCUT2D eigenvalue weighted by Crippen LogP contribution is -2.30. The van der Waals surface area contributed by atoms with Gasteiger partial charge < -0.3 is 15.6 Å². The molecule has 1 rings (SSSR count). The van der Waals surface area contributed by atoms with Crippen molar-refractivity contribution in [1.29, 1.82) is 0 Å². The van der Waals surface area contributed by atoms with Crippen molar-refractivity contribution in [1.82, 2.24) is 0 Å². The first kappa shape index (κ1) is 13.7. The lowest BCUT2D eigenvalue weighted by molar-refractivity contribution is 0.0759. The predicted octanol–water partition coefficient (Wildman–Crippen LogP) is 1.12. The van der Waals surface area contributed by atoms with Crippen molar-refractivity contribution in [2.75, 3.05) is 13.7 Å². The van der Waals surface area contributed by atoms with Crippen LogP contribution in [0.25, 0.3) is 0 Å². The van der Waals surface area contributed by atoms with E-state index in [1.807, 2.05) is 26.8 Å². The summed E-state index contributed by atoms with van der Waals surface area (Å²) < 4.78 is 5.28. The summed E-state index contributed by atoms with van der Waals surface area (Å²) in [4.78, 5) is 12.0. The van der Waals surface area contributed by atoms with Crippen LogP contribution in [-0.4, -0.2) is 30.6 Å². The molecule has 0 amide bonds. The number of ketones is 1. The van der Waals surface area contributed by atoms with Gasteiger partial charge in [0.2, 0.25) is 0 Å². The van der Waals surface area contributed by atoms with Crippen LogP contribution in [0.5, 0.6) is 5.75 Å². The van der Waals surface area contributed by atoms with Gasteiger partial charge in [-0.1, -0.05) is 6.07 Å². The molecule has 4 heteroatoms. The largest absolute Gasteiger partial charge is 0.496 e. The maximum atomic E-state index is 12.0. The number of ether oxygens (including phenoxy) is 1. The second kappa shape index (κ2) is 5.29. The molecular weight excluding hydrogens is 218 g/mol. The molecule has 0 fully saturated rings. The lowest BCUT2D eigenvalue weighted by atomic mass is 9.94. The Balaban J connectivity index is 3.42. The molecule has 0 saturated heterocycles. The van der Waals surface area contributed by atoms with Gasteiger partial charge >= 0.3 is 0 Å². The van der Waals surface area contributed by atoms with Gasteiger partial charge in [-0.15, -0.1) is 0 Å². The number of rotatable bonds is 4. The lowest BCUT2D eigenvalue weighted by Gasteiger charge is -2.17. The average molecular weight is 237 g/mol. The number of hydrogen-bond donors (Lipinski definition) is 2. The molecule has 4 nitrogen and oxygen atoms in total. The van der Waals surface area contributed by atoms with Gasteiger partial charge in [0.05, 0.1) is 12.7 Å². The van der Waals surface area contributed by atoms with E-state index >= 15 is 0 Å². The van der Waals surface area contributed by atoms with Crippen molar-refractivity contribution in [2.24, 2.45) is 5.73 Å². The van der Waals surface area contributed by atoms with Crippen molar-refractivity contribution in [3.05, 3.63) is 28.3 Å². The minimum Gasteiger partial charge on any atom is -0.496 e. The van der Waals surface area contributed by atoms with E-state index in [1.165, 1.54) is 7.11 Å². The summed E-state index contributed by atoms with van der Waals surface area (Å²) in [5.41, 5.74) is 8.49. The highest BCUT2D eigenvalue weighted by atomic mass is 16.5. The zero-order chi connectivity index (χ0) is 13.2. The van der Waals surface area contributed by atoms with E-state index in [4.69, 9.17) is 10.5 Å². The molecule has 0 aliphatic rings. The Morgan fingerprint density at radius 3 is 2.47 bits per heavy atom. The van der Waals surface area contributed by atoms with Crippen LogP contribution in [0.15, 0.2) is 6.07 Å². The van der Waals surface area contributed by atoms with Crippen LogP contribution in [-0.2, 0) is 0 Å². The Labute approximate surface area is 101 Å². The molecular formula is C13H19NO3. The fraction of sp³-hybridized carbons (Fsp3) is 0.462. The molecule has 1 aromatic carbocycles. The number of carbonyl (C=O) groups excluding carboxylic acids is 1. The SMILES string of the molecule is COc1c(C)c(C)cc(C)c1C(=O)C(O)CN. The maximum absolute atomic E-state index is 12.0. The Hall–Kier alpha value is -1.39. The van der Waals surface area contributed by atoms with Crippen molar-refractivity contribution in [3.63, 3.8) is 0 Å². The van der Waals surface area contributed by atoms with Crippen LogP contribution in [0.4, 0.5) is 0 Å². The first-order valence-electron chi connectivity index (χ1n) is 5.51. The highest BCUT2D eigenvalue weighted by Gasteiger charge is 2.23. The normalized spacial score (nSPS) is 12.4. The number of Topliss-reactive ketones (excluding diaryl/α,β-unsaturated/α-hetero) is 1. The van der Waals surface area contributed by atoms with Gasteiger partial charge in [0.25, 0.3) is 0 Å². The van der Waals surface area contributed by atoms with Gasteiger partial charge in [-0.25, -0.2) is 0 Å². The van der Waals surface area contributed by atoms with E-state index in [2.05, 4.69) is 0 Å². The first-order chi connectivity index (χ1) is 7.93. The van der Waals surface area contributed by atoms with Gasteiger partial charge in [0, 0.05) is 6.54 Å². The van der Waals surface area contributed by atoms with Gasteiger partial charge in [0.1, 0.15) is 11.9 Å².